The van der Waals surface area contributed by atoms with Gasteiger partial charge in [0.25, 0.3) is 5.91 Å². The molecule has 0 aliphatic carbocycles. The van der Waals surface area contributed by atoms with Gasteiger partial charge < -0.3 is 14.8 Å². The van der Waals surface area contributed by atoms with E-state index in [9.17, 15) is 4.79 Å². The minimum Gasteiger partial charge on any atom is -0.497 e. The zero-order valence-corrected chi connectivity index (χ0v) is 19.5. The summed E-state index contributed by atoms with van der Waals surface area (Å²) in [4.78, 5) is 18.1. The second-order valence-electron chi connectivity index (χ2n) is 8.20. The summed E-state index contributed by atoms with van der Waals surface area (Å²) in [7, 11) is 1.63. The van der Waals surface area contributed by atoms with Crippen LogP contribution in [-0.2, 0) is 0 Å². The van der Waals surface area contributed by atoms with Crippen LogP contribution in [0.4, 0.5) is 5.69 Å². The minimum absolute atomic E-state index is 0.203. The summed E-state index contributed by atoms with van der Waals surface area (Å²) in [5.41, 5.74) is 4.75. The van der Waals surface area contributed by atoms with Crippen molar-refractivity contribution in [1.82, 2.24) is 4.98 Å². The molecule has 5 heteroatoms. The van der Waals surface area contributed by atoms with E-state index in [0.29, 0.717) is 17.0 Å². The standard InChI is InChI=1S/C30H24N2O3/c1-20-6-5-7-25(18-20)35-24-16-12-22(13-17-24)31-30(33)27-19-29(21-10-14-23(34-2)15-11-21)32-28-9-4-3-8-26(27)28/h3-19H,1-2H3,(H,31,33). The molecule has 5 nitrogen and oxygen atoms in total. The fourth-order valence-electron chi connectivity index (χ4n) is 3.89. The molecule has 4 aromatic carbocycles. The summed E-state index contributed by atoms with van der Waals surface area (Å²) in [6.07, 6.45) is 0. The molecule has 0 fully saturated rings. The van der Waals surface area contributed by atoms with Crippen LogP contribution in [0.3, 0.4) is 0 Å². The lowest BCUT2D eigenvalue weighted by Crippen LogP contribution is -2.13. The van der Waals surface area contributed by atoms with Crippen molar-refractivity contribution < 1.29 is 14.3 Å². The van der Waals surface area contributed by atoms with Gasteiger partial charge in [0.05, 0.1) is 23.9 Å². The molecule has 0 atom stereocenters. The van der Waals surface area contributed by atoms with Crippen molar-refractivity contribution in [2.24, 2.45) is 0 Å². The fourth-order valence-corrected chi connectivity index (χ4v) is 3.89. The molecule has 0 spiro atoms. The number of benzene rings is 4. The van der Waals surface area contributed by atoms with Gasteiger partial charge in [-0.25, -0.2) is 4.98 Å². The third kappa shape index (κ3) is 4.99. The molecule has 35 heavy (non-hydrogen) atoms. The third-order valence-electron chi connectivity index (χ3n) is 5.68. The van der Waals surface area contributed by atoms with Crippen molar-refractivity contribution >= 4 is 22.5 Å². The molecule has 172 valence electrons. The molecule has 5 aromatic rings. The van der Waals surface area contributed by atoms with Gasteiger partial charge in [0.1, 0.15) is 17.2 Å². The Balaban J connectivity index is 1.41. The van der Waals surface area contributed by atoms with Crippen LogP contribution in [0.5, 0.6) is 17.2 Å². The molecule has 5 rings (SSSR count). The Bertz CT molecular complexity index is 1490. The number of hydrogen-bond donors (Lipinski definition) is 1. The van der Waals surface area contributed by atoms with E-state index < -0.39 is 0 Å². The van der Waals surface area contributed by atoms with Gasteiger partial charge in [-0.3, -0.25) is 4.79 Å². The molecule has 0 saturated carbocycles. The Hall–Kier alpha value is -4.64. The molecule has 1 aromatic heterocycles. The average molecular weight is 461 g/mol. The maximum Gasteiger partial charge on any atom is 0.256 e. The third-order valence-corrected chi connectivity index (χ3v) is 5.68. The highest BCUT2D eigenvalue weighted by Crippen LogP contribution is 2.28. The Labute approximate surface area is 204 Å². The Kier molecular flexibility index (Phi) is 6.14. The number of fused-ring (bicyclic) bond motifs is 1. The summed E-state index contributed by atoms with van der Waals surface area (Å²) >= 11 is 0. The first-order valence-corrected chi connectivity index (χ1v) is 11.3. The number of nitrogens with one attached hydrogen (secondary N) is 1. The largest absolute Gasteiger partial charge is 0.497 e. The number of rotatable bonds is 6. The predicted molar refractivity (Wildman–Crippen MR) is 139 cm³/mol. The number of methoxy groups -OCH3 is 1. The van der Waals surface area contributed by atoms with E-state index in [1.807, 2.05) is 110 Å². The van der Waals surface area contributed by atoms with Crippen molar-refractivity contribution in [3.63, 3.8) is 0 Å². The number of pyridine rings is 1. The monoisotopic (exact) mass is 460 g/mol. The maximum absolute atomic E-state index is 13.3. The van der Waals surface area contributed by atoms with E-state index in [1.54, 1.807) is 7.11 Å². The first-order chi connectivity index (χ1) is 17.1. The molecule has 0 aliphatic rings. The van der Waals surface area contributed by atoms with Crippen LogP contribution >= 0.6 is 0 Å². The molecule has 0 saturated heterocycles. The summed E-state index contributed by atoms with van der Waals surface area (Å²) in [5, 5.41) is 3.80. The zero-order valence-electron chi connectivity index (χ0n) is 19.5. The van der Waals surface area contributed by atoms with Gasteiger partial charge in [-0.05, 0) is 85.3 Å². The second-order valence-corrected chi connectivity index (χ2v) is 8.20. The molecule has 1 heterocycles. The highest BCUT2D eigenvalue weighted by atomic mass is 16.5. The smallest absolute Gasteiger partial charge is 0.256 e. The van der Waals surface area contributed by atoms with E-state index in [0.717, 1.165) is 39.2 Å². The van der Waals surface area contributed by atoms with E-state index in [2.05, 4.69) is 5.32 Å². The summed E-state index contributed by atoms with van der Waals surface area (Å²) in [5.74, 6) is 2.04. The van der Waals surface area contributed by atoms with Crippen molar-refractivity contribution in [1.29, 1.82) is 0 Å². The number of ether oxygens (including phenoxy) is 2. The fraction of sp³-hybridized carbons (Fsp3) is 0.0667. The average Bonchev–Trinajstić information content (AvgIpc) is 2.89. The van der Waals surface area contributed by atoms with Crippen LogP contribution in [0.25, 0.3) is 22.2 Å². The number of nitrogens with zero attached hydrogens (tertiary/aromatic N) is 1. The van der Waals surface area contributed by atoms with Gasteiger partial charge in [0, 0.05) is 16.6 Å². The first-order valence-electron chi connectivity index (χ1n) is 11.3. The topological polar surface area (TPSA) is 60.5 Å². The van der Waals surface area contributed by atoms with E-state index in [1.165, 1.54) is 0 Å². The second kappa shape index (κ2) is 9.69. The summed E-state index contributed by atoms with van der Waals surface area (Å²) < 4.78 is 11.2. The van der Waals surface area contributed by atoms with Gasteiger partial charge in [-0.2, -0.15) is 0 Å². The van der Waals surface area contributed by atoms with E-state index in [-0.39, 0.29) is 5.91 Å². The normalized spacial score (nSPS) is 10.7. The predicted octanol–water partition coefficient (Wildman–Crippen LogP) is 7.26. The number of carbonyl (C=O) groups excluding carboxylic acids is 1. The van der Waals surface area contributed by atoms with E-state index in [4.69, 9.17) is 14.5 Å². The molecular formula is C30H24N2O3. The van der Waals surface area contributed by atoms with Gasteiger partial charge in [-0.1, -0.05) is 30.3 Å². The molecule has 0 aliphatic heterocycles. The van der Waals surface area contributed by atoms with Crippen LogP contribution in [-0.4, -0.2) is 18.0 Å². The summed E-state index contributed by atoms with van der Waals surface area (Å²) in [6, 6.07) is 32.3. The molecule has 0 bridgehead atoms. The number of aromatic nitrogens is 1. The lowest BCUT2D eigenvalue weighted by molar-refractivity contribution is 0.102. The van der Waals surface area contributed by atoms with Crippen molar-refractivity contribution in [3.05, 3.63) is 114 Å². The SMILES string of the molecule is COc1ccc(-c2cc(C(=O)Nc3ccc(Oc4cccc(C)c4)cc3)c3ccccc3n2)cc1. The number of anilines is 1. The van der Waals surface area contributed by atoms with Crippen LogP contribution < -0.4 is 14.8 Å². The van der Waals surface area contributed by atoms with Crippen LogP contribution in [0.15, 0.2) is 103 Å². The van der Waals surface area contributed by atoms with Gasteiger partial charge in [0.2, 0.25) is 0 Å². The first kappa shape index (κ1) is 22.2. The summed E-state index contributed by atoms with van der Waals surface area (Å²) in [6.45, 7) is 2.02. The number of carbonyl (C=O) groups is 1. The van der Waals surface area contributed by atoms with Gasteiger partial charge >= 0.3 is 0 Å². The van der Waals surface area contributed by atoms with Gasteiger partial charge in [-0.15, -0.1) is 0 Å². The number of para-hydroxylation sites is 1. The van der Waals surface area contributed by atoms with Crippen LogP contribution in [0, 0.1) is 6.92 Å². The Morgan fingerprint density at radius 3 is 2.26 bits per heavy atom. The van der Waals surface area contributed by atoms with Crippen molar-refractivity contribution in [3.8, 4) is 28.5 Å². The van der Waals surface area contributed by atoms with Crippen molar-refractivity contribution in [2.45, 2.75) is 6.92 Å². The number of aryl methyl sites for hydroxylation is 1. The molecule has 0 unspecified atom stereocenters. The molecule has 1 amide bonds. The Morgan fingerprint density at radius 2 is 1.51 bits per heavy atom. The Morgan fingerprint density at radius 1 is 0.771 bits per heavy atom. The maximum atomic E-state index is 13.3. The number of hydrogen-bond acceptors (Lipinski definition) is 4. The van der Waals surface area contributed by atoms with E-state index >= 15 is 0 Å². The van der Waals surface area contributed by atoms with Crippen LogP contribution in [0.1, 0.15) is 15.9 Å². The molecule has 1 N–H and O–H groups in total. The van der Waals surface area contributed by atoms with Gasteiger partial charge in [0.15, 0.2) is 0 Å². The lowest BCUT2D eigenvalue weighted by Gasteiger charge is -2.12. The molecule has 0 radical (unpaired) electrons. The minimum atomic E-state index is -0.203. The zero-order chi connectivity index (χ0) is 24.2. The highest BCUT2D eigenvalue weighted by molar-refractivity contribution is 6.13. The quantitative estimate of drug-likeness (QED) is 0.290. The highest BCUT2D eigenvalue weighted by Gasteiger charge is 2.14. The molecular weight excluding hydrogens is 436 g/mol. The number of amides is 1. The van der Waals surface area contributed by atoms with Crippen molar-refractivity contribution in [2.75, 3.05) is 12.4 Å². The van der Waals surface area contributed by atoms with Crippen LogP contribution in [0.2, 0.25) is 0 Å². The lowest BCUT2D eigenvalue weighted by atomic mass is 10.0.